The van der Waals surface area contributed by atoms with E-state index in [0.29, 0.717) is 0 Å². The Bertz CT molecular complexity index is 1190. The second kappa shape index (κ2) is 12.5. The van der Waals surface area contributed by atoms with Crippen LogP contribution in [0.2, 0.25) is 0 Å². The predicted molar refractivity (Wildman–Crippen MR) is 151 cm³/mol. The Hall–Kier alpha value is -2.93. The maximum absolute atomic E-state index is 13.1. The van der Waals surface area contributed by atoms with Crippen LogP contribution in [0.25, 0.3) is 17.0 Å². The molecule has 0 radical (unpaired) electrons. The first-order chi connectivity index (χ1) is 18.2. The highest BCUT2D eigenvalue weighted by molar-refractivity contribution is 5.97. The van der Waals surface area contributed by atoms with Crippen molar-refractivity contribution in [3.05, 3.63) is 77.5 Å². The fourth-order valence-electron chi connectivity index (χ4n) is 5.62. The van der Waals surface area contributed by atoms with Crippen LogP contribution >= 0.6 is 0 Å². The smallest absolute Gasteiger partial charge is 0.246 e. The summed E-state index contributed by atoms with van der Waals surface area (Å²) in [6, 6.07) is 19.2. The summed E-state index contributed by atoms with van der Waals surface area (Å²) in [5, 5.41) is 1.22. The van der Waals surface area contributed by atoms with Gasteiger partial charge in [0.1, 0.15) is 0 Å². The molecule has 2 aliphatic rings. The Morgan fingerprint density at radius 2 is 1.54 bits per heavy atom. The van der Waals surface area contributed by atoms with Gasteiger partial charge in [0.05, 0.1) is 13.2 Å². The first-order valence-electron chi connectivity index (χ1n) is 13.8. The summed E-state index contributed by atoms with van der Waals surface area (Å²) in [6.45, 7) is 12.5. The summed E-state index contributed by atoms with van der Waals surface area (Å²) >= 11 is 0. The third-order valence-electron chi connectivity index (χ3n) is 7.88. The molecule has 2 fully saturated rings. The zero-order valence-corrected chi connectivity index (χ0v) is 22.1. The second-order valence-corrected chi connectivity index (χ2v) is 10.2. The predicted octanol–water partition coefficient (Wildman–Crippen LogP) is 4.07. The van der Waals surface area contributed by atoms with Crippen molar-refractivity contribution < 1.29 is 9.53 Å². The van der Waals surface area contributed by atoms with Crippen molar-refractivity contribution in [3.63, 3.8) is 0 Å². The summed E-state index contributed by atoms with van der Waals surface area (Å²) < 4.78 is 7.90. The Kier molecular flexibility index (Phi) is 8.72. The van der Waals surface area contributed by atoms with Gasteiger partial charge >= 0.3 is 0 Å². The van der Waals surface area contributed by atoms with E-state index in [1.807, 2.05) is 11.0 Å². The van der Waals surface area contributed by atoms with E-state index in [1.54, 1.807) is 6.08 Å². The third kappa shape index (κ3) is 6.50. The highest BCUT2D eigenvalue weighted by Gasteiger charge is 2.20. The van der Waals surface area contributed by atoms with Crippen molar-refractivity contribution in [3.8, 4) is 0 Å². The molecule has 2 aromatic carbocycles. The number of rotatable bonds is 9. The van der Waals surface area contributed by atoms with Crippen LogP contribution in [0, 0.1) is 6.92 Å². The van der Waals surface area contributed by atoms with E-state index in [9.17, 15) is 4.79 Å². The van der Waals surface area contributed by atoms with Crippen LogP contribution in [0.4, 0.5) is 0 Å². The monoisotopic (exact) mass is 500 g/mol. The maximum atomic E-state index is 13.1. The third-order valence-corrected chi connectivity index (χ3v) is 7.88. The van der Waals surface area contributed by atoms with Crippen LogP contribution in [0.5, 0.6) is 0 Å². The van der Waals surface area contributed by atoms with Gasteiger partial charge in [0.15, 0.2) is 0 Å². The lowest BCUT2D eigenvalue weighted by Gasteiger charge is -2.34. The number of hydrogen-bond donors (Lipinski definition) is 0. The van der Waals surface area contributed by atoms with Gasteiger partial charge in [-0.3, -0.25) is 14.6 Å². The van der Waals surface area contributed by atoms with Crippen molar-refractivity contribution in [2.75, 3.05) is 65.6 Å². The number of piperazine rings is 1. The molecule has 0 bridgehead atoms. The van der Waals surface area contributed by atoms with E-state index in [-0.39, 0.29) is 5.91 Å². The molecule has 0 spiro atoms. The number of hydrogen-bond acceptors (Lipinski definition) is 4. The number of ether oxygens (including phenoxy) is 1. The van der Waals surface area contributed by atoms with E-state index < -0.39 is 0 Å². The molecule has 0 N–H and O–H groups in total. The molecular weight excluding hydrogens is 460 g/mol. The SMILES string of the molecule is Cc1c(C=CC(=O)N2CCN(CCc3ccccc3)CC2)c2ccccc2n1CCCN1CCOCC1. The van der Waals surface area contributed by atoms with Gasteiger partial charge in [0.25, 0.3) is 0 Å². The average Bonchev–Trinajstić information content (AvgIpc) is 3.22. The van der Waals surface area contributed by atoms with Gasteiger partial charge in [0, 0.05) is 87.1 Å². The number of morpholine rings is 1. The normalized spacial score (nSPS) is 17.7. The molecule has 196 valence electrons. The molecule has 3 heterocycles. The van der Waals surface area contributed by atoms with Gasteiger partial charge in [-0.1, -0.05) is 48.5 Å². The van der Waals surface area contributed by atoms with Crippen LogP contribution in [-0.4, -0.2) is 90.7 Å². The van der Waals surface area contributed by atoms with Crippen molar-refractivity contribution in [2.45, 2.75) is 26.3 Å². The fraction of sp³-hybridized carbons (Fsp3) is 0.452. The lowest BCUT2D eigenvalue weighted by Crippen LogP contribution is -2.48. The number of nitrogens with zero attached hydrogens (tertiary/aromatic N) is 4. The van der Waals surface area contributed by atoms with Crippen molar-refractivity contribution >= 4 is 22.9 Å². The van der Waals surface area contributed by atoms with Gasteiger partial charge in [-0.15, -0.1) is 0 Å². The maximum Gasteiger partial charge on any atom is 0.246 e. The molecule has 5 rings (SSSR count). The minimum atomic E-state index is 0.117. The van der Waals surface area contributed by atoms with Crippen LogP contribution in [0.1, 0.15) is 23.2 Å². The molecule has 6 heteroatoms. The number of para-hydroxylation sites is 1. The van der Waals surface area contributed by atoms with Crippen LogP contribution in [-0.2, 0) is 22.5 Å². The zero-order chi connectivity index (χ0) is 25.5. The molecule has 6 nitrogen and oxygen atoms in total. The summed E-state index contributed by atoms with van der Waals surface area (Å²) in [4.78, 5) is 20.0. The van der Waals surface area contributed by atoms with E-state index in [0.717, 1.165) is 90.5 Å². The highest BCUT2D eigenvalue weighted by Crippen LogP contribution is 2.27. The van der Waals surface area contributed by atoms with Gasteiger partial charge < -0.3 is 14.2 Å². The fourth-order valence-corrected chi connectivity index (χ4v) is 5.62. The standard InChI is InChI=1S/C31H40N4O2/c1-26-28(29-10-5-6-11-30(29)35(26)16-7-15-32-22-24-37-25-23-32)12-13-31(36)34-20-18-33(19-21-34)17-14-27-8-3-2-4-9-27/h2-6,8-13H,7,14-25H2,1H3. The van der Waals surface area contributed by atoms with Crippen molar-refractivity contribution in [1.82, 2.24) is 19.3 Å². The lowest BCUT2D eigenvalue weighted by atomic mass is 10.1. The number of amides is 1. The average molecular weight is 501 g/mol. The van der Waals surface area contributed by atoms with E-state index in [4.69, 9.17) is 4.74 Å². The Morgan fingerprint density at radius 1 is 0.838 bits per heavy atom. The molecular formula is C31H40N4O2. The van der Waals surface area contributed by atoms with Crippen LogP contribution < -0.4 is 0 Å². The number of carbonyl (C=O) groups excluding carboxylic acids is 1. The first kappa shape index (κ1) is 25.7. The Balaban J connectivity index is 1.17. The number of aromatic nitrogens is 1. The molecule has 3 aromatic rings. The number of fused-ring (bicyclic) bond motifs is 1. The minimum absolute atomic E-state index is 0.117. The molecule has 2 saturated heterocycles. The number of benzene rings is 2. The molecule has 1 aromatic heterocycles. The topological polar surface area (TPSA) is 41.0 Å². The van der Waals surface area contributed by atoms with Gasteiger partial charge in [-0.2, -0.15) is 0 Å². The molecule has 37 heavy (non-hydrogen) atoms. The summed E-state index contributed by atoms with van der Waals surface area (Å²) in [5.74, 6) is 0.117. The van der Waals surface area contributed by atoms with E-state index in [2.05, 4.69) is 75.9 Å². The molecule has 0 atom stereocenters. The van der Waals surface area contributed by atoms with Crippen molar-refractivity contribution in [2.24, 2.45) is 0 Å². The van der Waals surface area contributed by atoms with Crippen molar-refractivity contribution in [1.29, 1.82) is 0 Å². The first-order valence-corrected chi connectivity index (χ1v) is 13.8. The summed E-state index contributed by atoms with van der Waals surface area (Å²) in [6.07, 6.45) is 5.99. The molecule has 0 aliphatic carbocycles. The van der Waals surface area contributed by atoms with Crippen LogP contribution in [0.3, 0.4) is 0 Å². The van der Waals surface area contributed by atoms with E-state index in [1.165, 1.54) is 22.2 Å². The quantitative estimate of drug-likeness (QED) is 0.416. The molecule has 0 saturated carbocycles. The molecule has 2 aliphatic heterocycles. The second-order valence-electron chi connectivity index (χ2n) is 10.2. The number of carbonyl (C=O) groups is 1. The Morgan fingerprint density at radius 3 is 2.32 bits per heavy atom. The van der Waals surface area contributed by atoms with Gasteiger partial charge in [-0.05, 0) is 37.5 Å². The Labute approximate surface area is 221 Å². The van der Waals surface area contributed by atoms with Gasteiger partial charge in [-0.25, -0.2) is 0 Å². The zero-order valence-electron chi connectivity index (χ0n) is 22.1. The van der Waals surface area contributed by atoms with Gasteiger partial charge in [0.2, 0.25) is 5.91 Å². The summed E-state index contributed by atoms with van der Waals surface area (Å²) in [5.41, 5.74) is 5.02. The van der Waals surface area contributed by atoms with E-state index >= 15 is 0 Å². The van der Waals surface area contributed by atoms with Crippen LogP contribution in [0.15, 0.2) is 60.7 Å². The molecule has 1 amide bonds. The number of aryl methyl sites for hydroxylation is 1. The summed E-state index contributed by atoms with van der Waals surface area (Å²) in [7, 11) is 0. The molecule has 0 unspecified atom stereocenters. The largest absolute Gasteiger partial charge is 0.379 e. The lowest BCUT2D eigenvalue weighted by molar-refractivity contribution is -0.127. The minimum Gasteiger partial charge on any atom is -0.379 e. The highest BCUT2D eigenvalue weighted by atomic mass is 16.5.